The number of nitrogens with zero attached hydrogens (tertiary/aromatic N) is 5. The van der Waals surface area contributed by atoms with Crippen LogP contribution in [0.15, 0.2) is 33.9 Å². The molecule has 1 atom stereocenters. The zero-order valence-corrected chi connectivity index (χ0v) is 19.8. The first-order valence-corrected chi connectivity index (χ1v) is 12.0. The predicted octanol–water partition coefficient (Wildman–Crippen LogP) is 4.35. The summed E-state index contributed by atoms with van der Waals surface area (Å²) in [6.07, 6.45) is 6.70. The van der Waals surface area contributed by atoms with Crippen LogP contribution in [0, 0.1) is 12.8 Å². The Morgan fingerprint density at radius 2 is 1.81 bits per heavy atom. The van der Waals surface area contributed by atoms with Crippen molar-refractivity contribution in [3.63, 3.8) is 0 Å². The average molecular weight is 438 g/mol. The molecule has 0 fully saturated rings. The second kappa shape index (κ2) is 9.35. The maximum atomic E-state index is 13.5. The number of unbranched alkanes of at least 4 members (excludes halogenated alkanes) is 5. The van der Waals surface area contributed by atoms with E-state index in [4.69, 9.17) is 4.98 Å². The molecule has 1 aliphatic rings. The fourth-order valence-corrected chi connectivity index (χ4v) is 4.77. The molecule has 1 aromatic carbocycles. The summed E-state index contributed by atoms with van der Waals surface area (Å²) in [5, 5.41) is 0. The molecule has 0 saturated heterocycles. The summed E-state index contributed by atoms with van der Waals surface area (Å²) < 4.78 is 4.97. The molecule has 0 radical (unpaired) electrons. The number of aryl methyl sites for hydroxylation is 2. The molecule has 32 heavy (non-hydrogen) atoms. The van der Waals surface area contributed by atoms with Gasteiger partial charge in [0.15, 0.2) is 11.2 Å². The van der Waals surface area contributed by atoms with Crippen molar-refractivity contribution in [2.24, 2.45) is 13.0 Å². The minimum atomic E-state index is -0.276. The van der Waals surface area contributed by atoms with Crippen molar-refractivity contribution in [2.45, 2.75) is 72.4 Å². The minimum absolute atomic E-state index is 0.214. The van der Waals surface area contributed by atoms with E-state index in [2.05, 4.69) is 43.9 Å². The molecule has 3 aromatic rings. The predicted molar refractivity (Wildman–Crippen MR) is 130 cm³/mol. The number of fused-ring (bicyclic) bond motifs is 3. The van der Waals surface area contributed by atoms with Crippen molar-refractivity contribution in [3.05, 3.63) is 50.7 Å². The Hall–Kier alpha value is -2.83. The zero-order valence-electron chi connectivity index (χ0n) is 19.8. The maximum absolute atomic E-state index is 13.5. The molecule has 2 aromatic heterocycles. The molecule has 0 N–H and O–H groups in total. The normalized spacial score (nSPS) is 16.0. The van der Waals surface area contributed by atoms with E-state index in [1.54, 1.807) is 7.05 Å². The molecule has 0 spiro atoms. The molecule has 4 rings (SSSR count). The van der Waals surface area contributed by atoms with E-state index in [1.165, 1.54) is 34.0 Å². The number of hydrogen-bond donors (Lipinski definition) is 0. The molecular formula is C25H35N5O2. The number of anilines is 2. The molecule has 3 heterocycles. The smallest absolute Gasteiger partial charge is 0.312 e. The quantitative estimate of drug-likeness (QED) is 0.492. The third-order valence-corrected chi connectivity index (χ3v) is 6.49. The first kappa shape index (κ1) is 22.4. The van der Waals surface area contributed by atoms with Gasteiger partial charge in [0.1, 0.15) is 0 Å². The van der Waals surface area contributed by atoms with E-state index in [1.807, 2.05) is 10.6 Å². The van der Waals surface area contributed by atoms with Gasteiger partial charge < -0.3 is 9.47 Å². The van der Waals surface area contributed by atoms with Gasteiger partial charge in [0.05, 0.1) is 0 Å². The zero-order chi connectivity index (χ0) is 22.8. The number of benzene rings is 1. The minimum Gasteiger partial charge on any atom is -0.312 e. The van der Waals surface area contributed by atoms with Crippen LogP contribution in [0.1, 0.15) is 57.9 Å². The molecule has 0 unspecified atom stereocenters. The maximum Gasteiger partial charge on any atom is 0.332 e. The van der Waals surface area contributed by atoms with Crippen molar-refractivity contribution in [1.29, 1.82) is 0 Å². The summed E-state index contributed by atoms with van der Waals surface area (Å²) in [6.45, 7) is 8.47. The molecule has 172 valence electrons. The Labute approximate surface area is 189 Å². The molecule has 0 aliphatic carbocycles. The average Bonchev–Trinajstić information content (AvgIpc) is 3.15. The lowest BCUT2D eigenvalue weighted by molar-refractivity contribution is 0.457. The highest BCUT2D eigenvalue weighted by atomic mass is 16.2. The van der Waals surface area contributed by atoms with E-state index in [9.17, 15) is 9.59 Å². The Balaban J connectivity index is 1.74. The summed E-state index contributed by atoms with van der Waals surface area (Å²) in [5.74, 6) is 1.09. The number of rotatable bonds is 8. The van der Waals surface area contributed by atoms with E-state index in [0.717, 1.165) is 44.0 Å². The van der Waals surface area contributed by atoms with Crippen LogP contribution in [0.4, 0.5) is 11.6 Å². The fourth-order valence-electron chi connectivity index (χ4n) is 4.77. The van der Waals surface area contributed by atoms with Gasteiger partial charge in [-0.1, -0.05) is 58.1 Å². The SMILES string of the molecule is CCCCCCCCn1c(=O)c2c(nc3n2C[C@H](C)CN3c2cccc(C)c2)n(C)c1=O. The van der Waals surface area contributed by atoms with Crippen molar-refractivity contribution < 1.29 is 0 Å². The fraction of sp³-hybridized carbons (Fsp3) is 0.560. The van der Waals surface area contributed by atoms with E-state index >= 15 is 0 Å². The number of hydrogen-bond acceptors (Lipinski definition) is 4. The molecule has 0 saturated carbocycles. The first-order valence-electron chi connectivity index (χ1n) is 12.0. The Morgan fingerprint density at radius 1 is 1.06 bits per heavy atom. The summed E-state index contributed by atoms with van der Waals surface area (Å²) in [7, 11) is 1.72. The highest BCUT2D eigenvalue weighted by molar-refractivity contribution is 5.77. The summed E-state index contributed by atoms with van der Waals surface area (Å²) in [5.41, 5.74) is 2.76. The van der Waals surface area contributed by atoms with Gasteiger partial charge in [0.25, 0.3) is 5.56 Å². The Kier molecular flexibility index (Phi) is 6.53. The second-order valence-corrected chi connectivity index (χ2v) is 9.32. The van der Waals surface area contributed by atoms with E-state index in [0.29, 0.717) is 23.6 Å². The van der Waals surface area contributed by atoms with Gasteiger partial charge in [0.2, 0.25) is 5.95 Å². The lowest BCUT2D eigenvalue weighted by atomic mass is 10.1. The molecule has 0 amide bonds. The number of aromatic nitrogens is 4. The molecule has 7 nitrogen and oxygen atoms in total. The molecule has 0 bridgehead atoms. The summed E-state index contributed by atoms with van der Waals surface area (Å²) in [4.78, 5) is 33.5. The third-order valence-electron chi connectivity index (χ3n) is 6.49. The van der Waals surface area contributed by atoms with Gasteiger partial charge >= 0.3 is 5.69 Å². The topological polar surface area (TPSA) is 65.1 Å². The van der Waals surface area contributed by atoms with Gasteiger partial charge in [0, 0.05) is 32.4 Å². The highest BCUT2D eigenvalue weighted by Crippen LogP contribution is 2.33. The van der Waals surface area contributed by atoms with Crippen molar-refractivity contribution >= 4 is 22.8 Å². The molecular weight excluding hydrogens is 402 g/mol. The van der Waals surface area contributed by atoms with Gasteiger partial charge in [-0.15, -0.1) is 0 Å². The van der Waals surface area contributed by atoms with Crippen LogP contribution in [0.5, 0.6) is 0 Å². The summed E-state index contributed by atoms with van der Waals surface area (Å²) in [6, 6.07) is 8.33. The van der Waals surface area contributed by atoms with Crippen molar-refractivity contribution in [2.75, 3.05) is 11.4 Å². The van der Waals surface area contributed by atoms with Gasteiger partial charge in [-0.25, -0.2) is 4.79 Å². The van der Waals surface area contributed by atoms with Crippen LogP contribution in [0.3, 0.4) is 0 Å². The monoisotopic (exact) mass is 437 g/mol. The third kappa shape index (κ3) is 4.12. The van der Waals surface area contributed by atoms with Crippen LogP contribution < -0.4 is 16.1 Å². The van der Waals surface area contributed by atoms with E-state index < -0.39 is 0 Å². The standard InChI is InChI=1S/C25H35N5O2/c1-5-6-7-8-9-10-14-28-23(31)21-22(27(4)25(28)32)26-24-29(16-19(3)17-30(21)24)20-13-11-12-18(2)15-20/h11-13,15,19H,5-10,14,16-17H2,1-4H3/t19-/m1/s1. The van der Waals surface area contributed by atoms with Crippen molar-refractivity contribution in [3.8, 4) is 0 Å². The Bertz CT molecular complexity index is 1220. The second-order valence-electron chi connectivity index (χ2n) is 9.32. The summed E-state index contributed by atoms with van der Waals surface area (Å²) >= 11 is 0. The van der Waals surface area contributed by atoms with Gasteiger partial charge in [-0.3, -0.25) is 13.9 Å². The lowest BCUT2D eigenvalue weighted by Gasteiger charge is -2.33. The van der Waals surface area contributed by atoms with Gasteiger partial charge in [-0.2, -0.15) is 4.98 Å². The van der Waals surface area contributed by atoms with Crippen LogP contribution in [0.25, 0.3) is 11.2 Å². The Morgan fingerprint density at radius 3 is 2.56 bits per heavy atom. The molecule has 1 aliphatic heterocycles. The van der Waals surface area contributed by atoms with E-state index in [-0.39, 0.29) is 11.2 Å². The van der Waals surface area contributed by atoms with Crippen LogP contribution in [-0.4, -0.2) is 25.2 Å². The van der Waals surface area contributed by atoms with Crippen molar-refractivity contribution in [1.82, 2.24) is 18.7 Å². The van der Waals surface area contributed by atoms with Crippen LogP contribution >= 0.6 is 0 Å². The number of imidazole rings is 1. The van der Waals surface area contributed by atoms with Crippen LogP contribution in [-0.2, 0) is 20.1 Å². The van der Waals surface area contributed by atoms with Gasteiger partial charge in [-0.05, 0) is 37.0 Å². The van der Waals surface area contributed by atoms with Crippen LogP contribution in [0.2, 0.25) is 0 Å². The molecule has 7 heteroatoms. The first-order chi connectivity index (χ1) is 15.4. The highest BCUT2D eigenvalue weighted by Gasteiger charge is 2.29. The lowest BCUT2D eigenvalue weighted by Crippen LogP contribution is -2.40. The largest absolute Gasteiger partial charge is 0.332 e.